The van der Waals surface area contributed by atoms with E-state index in [1.807, 2.05) is 0 Å². The van der Waals surface area contributed by atoms with Crippen LogP contribution in [-0.4, -0.2) is 29.4 Å². The fourth-order valence-electron chi connectivity index (χ4n) is 4.25. The van der Waals surface area contributed by atoms with Gasteiger partial charge in [0.1, 0.15) is 5.82 Å². The lowest BCUT2D eigenvalue weighted by molar-refractivity contribution is 0.288. The summed E-state index contributed by atoms with van der Waals surface area (Å²) in [5, 5.41) is 10.6. The molecule has 0 spiro atoms. The standard InChI is InChI=1S/C17H22N2O/c1-18-16-13(5-3-11-20)4-2-6-14(16)15-12-7-9-19(10-8-12)17(15)18/h2,4,6,12,20H,3,5,7-11H2,1H3. The van der Waals surface area contributed by atoms with E-state index in [0.717, 1.165) is 18.8 Å². The van der Waals surface area contributed by atoms with E-state index < -0.39 is 0 Å². The van der Waals surface area contributed by atoms with Crippen molar-refractivity contribution in [3.8, 4) is 0 Å². The maximum atomic E-state index is 9.11. The van der Waals surface area contributed by atoms with Gasteiger partial charge >= 0.3 is 0 Å². The number of nitrogens with zero attached hydrogens (tertiary/aromatic N) is 2. The SMILES string of the molecule is Cn1c2c(c3cccc(CCCO)c31)C1CCN2CC1. The minimum atomic E-state index is 0.273. The molecule has 106 valence electrons. The first-order valence-corrected chi connectivity index (χ1v) is 7.77. The molecule has 3 nitrogen and oxygen atoms in total. The van der Waals surface area contributed by atoms with E-state index in [0.29, 0.717) is 0 Å². The summed E-state index contributed by atoms with van der Waals surface area (Å²) >= 11 is 0. The first-order valence-electron chi connectivity index (χ1n) is 7.77. The molecule has 0 radical (unpaired) electrons. The maximum Gasteiger partial charge on any atom is 0.112 e. The number of piperidine rings is 1. The van der Waals surface area contributed by atoms with E-state index in [4.69, 9.17) is 5.11 Å². The van der Waals surface area contributed by atoms with Crippen LogP contribution >= 0.6 is 0 Å². The summed E-state index contributed by atoms with van der Waals surface area (Å²) in [6.45, 7) is 2.71. The molecule has 2 bridgehead atoms. The van der Waals surface area contributed by atoms with Crippen molar-refractivity contribution in [1.82, 2.24) is 4.57 Å². The van der Waals surface area contributed by atoms with Crippen molar-refractivity contribution in [3.05, 3.63) is 29.3 Å². The smallest absolute Gasteiger partial charge is 0.112 e. The molecule has 0 amide bonds. The largest absolute Gasteiger partial charge is 0.396 e. The number of aryl methyl sites for hydroxylation is 2. The molecule has 0 unspecified atom stereocenters. The van der Waals surface area contributed by atoms with Gasteiger partial charge in [0.2, 0.25) is 0 Å². The normalized spacial score (nSPS) is 18.0. The third kappa shape index (κ3) is 1.56. The molecule has 5 rings (SSSR count). The quantitative estimate of drug-likeness (QED) is 0.929. The van der Waals surface area contributed by atoms with Gasteiger partial charge < -0.3 is 14.6 Å². The van der Waals surface area contributed by atoms with Crippen molar-refractivity contribution in [3.63, 3.8) is 0 Å². The van der Waals surface area contributed by atoms with Gasteiger partial charge in [-0.15, -0.1) is 0 Å². The van der Waals surface area contributed by atoms with Gasteiger partial charge in [-0.1, -0.05) is 18.2 Å². The van der Waals surface area contributed by atoms with Crippen LogP contribution in [0.15, 0.2) is 18.2 Å². The first-order chi connectivity index (χ1) is 9.81. The topological polar surface area (TPSA) is 28.4 Å². The number of aliphatic hydroxyl groups is 1. The van der Waals surface area contributed by atoms with Gasteiger partial charge in [0, 0.05) is 37.7 Å². The first kappa shape index (κ1) is 12.3. The zero-order valence-corrected chi connectivity index (χ0v) is 12.1. The second kappa shape index (κ2) is 4.52. The number of rotatable bonds is 3. The molecule has 0 atom stereocenters. The summed E-state index contributed by atoms with van der Waals surface area (Å²) in [6.07, 6.45) is 4.44. The Morgan fingerprint density at radius 3 is 2.80 bits per heavy atom. The molecule has 1 saturated heterocycles. The average molecular weight is 270 g/mol. The Kier molecular flexibility index (Phi) is 2.77. The van der Waals surface area contributed by atoms with Gasteiger partial charge in [0.15, 0.2) is 0 Å². The summed E-state index contributed by atoms with van der Waals surface area (Å²) in [5.74, 6) is 2.21. The fourth-order valence-corrected chi connectivity index (χ4v) is 4.25. The third-order valence-electron chi connectivity index (χ3n) is 5.11. The zero-order valence-electron chi connectivity index (χ0n) is 12.1. The number of fused-ring (bicyclic) bond motifs is 3. The molecule has 3 aliphatic heterocycles. The highest BCUT2D eigenvalue weighted by molar-refractivity contribution is 5.93. The molecule has 1 aromatic heterocycles. The van der Waals surface area contributed by atoms with Gasteiger partial charge in [-0.3, -0.25) is 0 Å². The maximum absolute atomic E-state index is 9.11. The van der Waals surface area contributed by atoms with Crippen LogP contribution in [0.1, 0.15) is 36.3 Å². The van der Waals surface area contributed by atoms with Crippen molar-refractivity contribution in [2.45, 2.75) is 31.6 Å². The fraction of sp³-hybridized carbons (Fsp3) is 0.529. The summed E-state index contributed by atoms with van der Waals surface area (Å²) in [6, 6.07) is 6.70. The molecule has 3 aliphatic rings. The minimum Gasteiger partial charge on any atom is -0.396 e. The van der Waals surface area contributed by atoms with Crippen LogP contribution < -0.4 is 4.90 Å². The average Bonchev–Trinajstić information content (AvgIpc) is 2.83. The Balaban J connectivity index is 1.96. The van der Waals surface area contributed by atoms with E-state index in [-0.39, 0.29) is 6.61 Å². The van der Waals surface area contributed by atoms with Crippen LogP contribution in [0, 0.1) is 0 Å². The van der Waals surface area contributed by atoms with Crippen LogP contribution in [-0.2, 0) is 13.5 Å². The van der Waals surface area contributed by atoms with E-state index in [2.05, 4.69) is 34.7 Å². The van der Waals surface area contributed by atoms with Crippen LogP contribution in [0.4, 0.5) is 5.82 Å². The van der Waals surface area contributed by atoms with Crippen LogP contribution in [0.5, 0.6) is 0 Å². The molecule has 1 fully saturated rings. The van der Waals surface area contributed by atoms with E-state index in [1.54, 1.807) is 5.56 Å². The Hall–Kier alpha value is -1.48. The number of aromatic nitrogens is 1. The predicted octanol–water partition coefficient (Wildman–Crippen LogP) is 2.80. The third-order valence-corrected chi connectivity index (χ3v) is 5.11. The monoisotopic (exact) mass is 270 g/mol. The Bertz CT molecular complexity index is 651. The minimum absolute atomic E-state index is 0.273. The highest BCUT2D eigenvalue weighted by Crippen LogP contribution is 2.47. The molecular weight excluding hydrogens is 248 g/mol. The Morgan fingerprint density at radius 2 is 2.05 bits per heavy atom. The van der Waals surface area contributed by atoms with Gasteiger partial charge in [-0.2, -0.15) is 0 Å². The van der Waals surface area contributed by atoms with Crippen molar-refractivity contribution < 1.29 is 5.11 Å². The van der Waals surface area contributed by atoms with Crippen LogP contribution in [0.25, 0.3) is 10.9 Å². The second-order valence-corrected chi connectivity index (χ2v) is 6.20. The summed E-state index contributed by atoms with van der Waals surface area (Å²) in [4.78, 5) is 2.56. The van der Waals surface area contributed by atoms with Crippen molar-refractivity contribution in [1.29, 1.82) is 0 Å². The molecule has 1 aromatic carbocycles. The molecule has 2 aromatic rings. The van der Waals surface area contributed by atoms with Gasteiger partial charge in [0.25, 0.3) is 0 Å². The number of benzene rings is 1. The van der Waals surface area contributed by atoms with Gasteiger partial charge in [0.05, 0.1) is 5.52 Å². The van der Waals surface area contributed by atoms with Gasteiger partial charge in [-0.25, -0.2) is 0 Å². The van der Waals surface area contributed by atoms with Crippen molar-refractivity contribution in [2.24, 2.45) is 7.05 Å². The lowest BCUT2D eigenvalue weighted by atomic mass is 9.84. The number of hydrogen-bond donors (Lipinski definition) is 1. The highest BCUT2D eigenvalue weighted by atomic mass is 16.2. The molecule has 3 heteroatoms. The van der Waals surface area contributed by atoms with E-state index in [9.17, 15) is 0 Å². The predicted molar refractivity (Wildman–Crippen MR) is 82.5 cm³/mol. The highest BCUT2D eigenvalue weighted by Gasteiger charge is 2.35. The lowest BCUT2D eigenvalue weighted by Crippen LogP contribution is -2.39. The molecule has 20 heavy (non-hydrogen) atoms. The van der Waals surface area contributed by atoms with Gasteiger partial charge in [-0.05, 0) is 37.2 Å². The zero-order chi connectivity index (χ0) is 13.7. The van der Waals surface area contributed by atoms with Crippen LogP contribution in [0.3, 0.4) is 0 Å². The number of anilines is 1. The van der Waals surface area contributed by atoms with Crippen molar-refractivity contribution >= 4 is 16.7 Å². The van der Waals surface area contributed by atoms with Crippen molar-refractivity contribution in [2.75, 3.05) is 24.6 Å². The molecule has 1 N–H and O–H groups in total. The van der Waals surface area contributed by atoms with E-state index >= 15 is 0 Å². The number of hydrogen-bond acceptors (Lipinski definition) is 2. The molecule has 0 saturated carbocycles. The number of aliphatic hydroxyl groups excluding tert-OH is 1. The molecule has 0 aliphatic carbocycles. The molecular formula is C17H22N2O. The van der Waals surface area contributed by atoms with E-state index in [1.165, 1.54) is 48.2 Å². The summed E-state index contributed by atoms with van der Waals surface area (Å²) < 4.78 is 2.41. The molecule has 4 heterocycles. The Morgan fingerprint density at radius 1 is 1.25 bits per heavy atom. The summed E-state index contributed by atoms with van der Waals surface area (Å²) in [7, 11) is 2.21. The Labute approximate surface area is 119 Å². The second-order valence-electron chi connectivity index (χ2n) is 6.20. The van der Waals surface area contributed by atoms with Crippen LogP contribution in [0.2, 0.25) is 0 Å². The summed E-state index contributed by atoms with van der Waals surface area (Å²) in [5.41, 5.74) is 4.37. The number of para-hydroxylation sites is 1. The lowest BCUT2D eigenvalue weighted by Gasteiger charge is -2.41.